The highest BCUT2D eigenvalue weighted by atomic mass is 32.3. The number of benzene rings is 2. The number of rotatable bonds is 6. The van der Waals surface area contributed by atoms with Crippen LogP contribution in [0.2, 0.25) is 0 Å². The van der Waals surface area contributed by atoms with Crippen LogP contribution in [-0.2, 0) is 16.8 Å². The van der Waals surface area contributed by atoms with Crippen molar-refractivity contribution in [2.45, 2.75) is 6.42 Å². The minimum absolute atomic E-state index is 0.342. The summed E-state index contributed by atoms with van der Waals surface area (Å²) in [6.07, 6.45) is 3.23. The highest BCUT2D eigenvalue weighted by Gasteiger charge is 2.15. The molecule has 28 heavy (non-hydrogen) atoms. The second kappa shape index (κ2) is 9.36. The van der Waals surface area contributed by atoms with Crippen molar-refractivity contribution in [1.29, 1.82) is 0 Å². The van der Waals surface area contributed by atoms with Gasteiger partial charge in [-0.3, -0.25) is 4.55 Å². The zero-order valence-corrected chi connectivity index (χ0v) is 16.3. The molecule has 150 valence electrons. The zero-order valence-electron chi connectivity index (χ0n) is 15.5. The van der Waals surface area contributed by atoms with E-state index in [4.69, 9.17) is 9.66 Å². The van der Waals surface area contributed by atoms with Gasteiger partial charge < -0.3 is 19.2 Å². The lowest BCUT2D eigenvalue weighted by atomic mass is 10.1. The Labute approximate surface area is 163 Å². The van der Waals surface area contributed by atoms with E-state index in [2.05, 4.69) is 58.6 Å². The molecular weight excluding hydrogens is 384 g/mol. The third-order valence-electron chi connectivity index (χ3n) is 3.82. The van der Waals surface area contributed by atoms with Crippen molar-refractivity contribution in [3.05, 3.63) is 65.9 Å². The second-order valence-electron chi connectivity index (χ2n) is 6.23. The SMILES string of the molecule is CN(C)CCc1c[nH]c2ccccc12.O=C(O)c1ccccc1OS(=O)(=O)O. The molecule has 3 rings (SSSR count). The fraction of sp³-hybridized carbons (Fsp3) is 0.211. The number of likely N-dealkylation sites (N-methyl/N-ethyl adjacent to an activating group) is 1. The molecule has 0 aliphatic carbocycles. The Bertz CT molecular complexity index is 1040. The quantitative estimate of drug-likeness (QED) is 0.538. The molecule has 9 heteroatoms. The standard InChI is InChI=1S/C12H16N2.C7H6O6S/c1-14(2)8-7-10-9-13-12-6-4-3-5-11(10)12;8-7(9)5-3-1-2-4-6(5)13-14(10,11)12/h3-6,9,13H,7-8H2,1-2H3;1-4H,(H,8,9)(H,10,11,12). The number of carbonyl (C=O) groups is 1. The summed E-state index contributed by atoms with van der Waals surface area (Å²) in [6, 6.07) is 13.5. The molecule has 0 spiro atoms. The first-order valence-electron chi connectivity index (χ1n) is 8.36. The number of fused-ring (bicyclic) bond motifs is 1. The predicted molar refractivity (Wildman–Crippen MR) is 106 cm³/mol. The van der Waals surface area contributed by atoms with Crippen LogP contribution in [0.1, 0.15) is 15.9 Å². The van der Waals surface area contributed by atoms with Crippen molar-refractivity contribution in [3.63, 3.8) is 0 Å². The van der Waals surface area contributed by atoms with Gasteiger partial charge in [-0.2, -0.15) is 8.42 Å². The first-order chi connectivity index (χ1) is 13.2. The molecule has 0 radical (unpaired) electrons. The monoisotopic (exact) mass is 406 g/mol. The van der Waals surface area contributed by atoms with Gasteiger partial charge in [-0.15, -0.1) is 0 Å². The number of nitrogens with one attached hydrogen (secondary N) is 1. The number of aromatic amines is 1. The summed E-state index contributed by atoms with van der Waals surface area (Å²) in [6.45, 7) is 1.10. The summed E-state index contributed by atoms with van der Waals surface area (Å²) >= 11 is 0. The molecule has 0 saturated carbocycles. The van der Waals surface area contributed by atoms with Gasteiger partial charge in [-0.05, 0) is 44.3 Å². The Morgan fingerprint density at radius 3 is 2.39 bits per heavy atom. The summed E-state index contributed by atoms with van der Waals surface area (Å²) in [5.74, 6) is -1.77. The molecule has 0 aliphatic rings. The highest BCUT2D eigenvalue weighted by molar-refractivity contribution is 7.81. The summed E-state index contributed by atoms with van der Waals surface area (Å²) in [4.78, 5) is 16.1. The van der Waals surface area contributed by atoms with Crippen LogP contribution in [0.3, 0.4) is 0 Å². The zero-order chi connectivity index (χ0) is 20.7. The van der Waals surface area contributed by atoms with Crippen LogP contribution in [0.5, 0.6) is 5.75 Å². The second-order valence-corrected chi connectivity index (χ2v) is 7.25. The molecule has 1 aromatic heterocycles. The van der Waals surface area contributed by atoms with Crippen molar-refractivity contribution >= 4 is 27.3 Å². The summed E-state index contributed by atoms with van der Waals surface area (Å²) in [5, 5.41) is 9.96. The van der Waals surface area contributed by atoms with Crippen molar-refractivity contribution in [1.82, 2.24) is 9.88 Å². The van der Waals surface area contributed by atoms with E-state index in [1.165, 1.54) is 28.6 Å². The van der Waals surface area contributed by atoms with Crippen LogP contribution in [0.4, 0.5) is 0 Å². The lowest BCUT2D eigenvalue weighted by molar-refractivity contribution is 0.0695. The van der Waals surface area contributed by atoms with Gasteiger partial charge in [-0.1, -0.05) is 30.3 Å². The van der Waals surface area contributed by atoms with Crippen LogP contribution in [0.15, 0.2) is 54.7 Å². The number of hydrogen-bond donors (Lipinski definition) is 3. The van der Waals surface area contributed by atoms with E-state index in [1.807, 2.05) is 0 Å². The van der Waals surface area contributed by atoms with Crippen LogP contribution in [-0.4, -0.2) is 54.6 Å². The number of H-pyrrole nitrogens is 1. The van der Waals surface area contributed by atoms with Crippen molar-refractivity contribution in [2.75, 3.05) is 20.6 Å². The van der Waals surface area contributed by atoms with Crippen LogP contribution in [0.25, 0.3) is 10.9 Å². The molecular formula is C19H22N2O6S. The smallest absolute Gasteiger partial charge is 0.446 e. The van der Waals surface area contributed by atoms with E-state index in [0.29, 0.717) is 0 Å². The minimum Gasteiger partial charge on any atom is -0.478 e. The van der Waals surface area contributed by atoms with E-state index < -0.39 is 22.1 Å². The first-order valence-corrected chi connectivity index (χ1v) is 9.73. The van der Waals surface area contributed by atoms with E-state index in [9.17, 15) is 13.2 Å². The van der Waals surface area contributed by atoms with Gasteiger partial charge >= 0.3 is 16.4 Å². The van der Waals surface area contributed by atoms with Gasteiger partial charge in [0, 0.05) is 23.6 Å². The van der Waals surface area contributed by atoms with Gasteiger partial charge in [-0.25, -0.2) is 4.79 Å². The van der Waals surface area contributed by atoms with Gasteiger partial charge in [0.05, 0.1) is 0 Å². The fourth-order valence-electron chi connectivity index (χ4n) is 2.51. The fourth-order valence-corrected chi connectivity index (χ4v) is 2.88. The summed E-state index contributed by atoms with van der Waals surface area (Å²) in [5.41, 5.74) is 2.31. The molecule has 2 aromatic carbocycles. The Balaban J connectivity index is 0.000000200. The highest BCUT2D eigenvalue weighted by Crippen LogP contribution is 2.19. The Morgan fingerprint density at radius 1 is 1.11 bits per heavy atom. The molecule has 0 aliphatic heterocycles. The maximum atomic E-state index is 10.6. The molecule has 0 unspecified atom stereocenters. The minimum atomic E-state index is -4.70. The molecule has 0 atom stereocenters. The van der Waals surface area contributed by atoms with Crippen LogP contribution in [0, 0.1) is 0 Å². The van der Waals surface area contributed by atoms with Gasteiger partial charge in [0.15, 0.2) is 5.75 Å². The average molecular weight is 406 g/mol. The maximum absolute atomic E-state index is 10.6. The number of para-hydroxylation sites is 2. The molecule has 0 fully saturated rings. The van der Waals surface area contributed by atoms with E-state index >= 15 is 0 Å². The number of hydrogen-bond acceptors (Lipinski definition) is 5. The first kappa shape index (κ1) is 21.4. The third kappa shape index (κ3) is 6.38. The number of carboxylic acid groups (broad SMARTS) is 1. The van der Waals surface area contributed by atoms with E-state index in [0.717, 1.165) is 25.1 Å². The third-order valence-corrected chi connectivity index (χ3v) is 4.21. The average Bonchev–Trinajstić information content (AvgIpc) is 3.02. The Hall–Kier alpha value is -2.88. The largest absolute Gasteiger partial charge is 0.478 e. The number of aromatic nitrogens is 1. The summed E-state index contributed by atoms with van der Waals surface area (Å²) in [7, 11) is -0.485. The van der Waals surface area contributed by atoms with E-state index in [1.54, 1.807) is 0 Å². The lowest BCUT2D eigenvalue weighted by Gasteiger charge is -2.07. The van der Waals surface area contributed by atoms with Gasteiger partial charge in [0.1, 0.15) is 5.56 Å². The molecule has 3 N–H and O–H groups in total. The molecule has 0 saturated heterocycles. The molecule has 8 nitrogen and oxygen atoms in total. The van der Waals surface area contributed by atoms with Gasteiger partial charge in [0.25, 0.3) is 0 Å². The normalized spacial score (nSPS) is 11.1. The van der Waals surface area contributed by atoms with E-state index in [-0.39, 0.29) is 5.56 Å². The number of nitrogens with zero attached hydrogens (tertiary/aromatic N) is 1. The van der Waals surface area contributed by atoms with Crippen molar-refractivity contribution in [2.24, 2.45) is 0 Å². The number of aromatic carboxylic acids is 1. The molecule has 1 heterocycles. The van der Waals surface area contributed by atoms with Crippen molar-refractivity contribution < 1.29 is 27.1 Å². The number of carboxylic acids is 1. The molecule has 0 amide bonds. The molecule has 0 bridgehead atoms. The van der Waals surface area contributed by atoms with Gasteiger partial charge in [0.2, 0.25) is 0 Å². The Morgan fingerprint density at radius 2 is 1.75 bits per heavy atom. The van der Waals surface area contributed by atoms with Crippen LogP contribution >= 0.6 is 0 Å². The maximum Gasteiger partial charge on any atom is 0.446 e. The lowest BCUT2D eigenvalue weighted by Crippen LogP contribution is -2.14. The molecule has 3 aromatic rings. The predicted octanol–water partition coefficient (Wildman–Crippen LogP) is 2.84. The Kier molecular flexibility index (Phi) is 7.16. The van der Waals surface area contributed by atoms with Crippen molar-refractivity contribution in [3.8, 4) is 5.75 Å². The summed E-state index contributed by atoms with van der Waals surface area (Å²) < 4.78 is 33.0. The van der Waals surface area contributed by atoms with Crippen LogP contribution < -0.4 is 4.18 Å². The topological polar surface area (TPSA) is 120 Å².